The average molecular weight is 707 g/mol. The van der Waals surface area contributed by atoms with Gasteiger partial charge in [-0.1, -0.05) is 6.92 Å². The lowest BCUT2D eigenvalue weighted by Crippen LogP contribution is -2.49. The standard InChI is InChI=1S/C36H42N12O4/c1-21-20-46(13-10-26(21)39-23-6-8-25-28(16-23)45(5)43-32(25)48-14-11-30(49)41-34(48)50)33-38-19-22(18-37)31(42-33)40-24-7-9-27-29(17-24)47(35(51)44(27)4)15-12-36(2,3)52/h6-9,16-17,19,21,26,39,52H,10-15,20H2,1-5H3,(H,38,40,42)(H,41,49,50)/t21-,26-/m1/s1. The first-order valence-corrected chi connectivity index (χ1v) is 17.3. The van der Waals surface area contributed by atoms with E-state index in [1.54, 1.807) is 34.7 Å². The van der Waals surface area contributed by atoms with E-state index in [-0.39, 0.29) is 36.5 Å². The van der Waals surface area contributed by atoms with E-state index in [1.165, 1.54) is 11.1 Å². The Morgan fingerprint density at radius 2 is 1.83 bits per heavy atom. The van der Waals surface area contributed by atoms with Crippen LogP contribution < -0.4 is 31.4 Å². The molecule has 4 N–H and O–H groups in total. The maximum Gasteiger partial charge on any atom is 0.329 e. The number of urea groups is 1. The minimum Gasteiger partial charge on any atom is -0.390 e. The Morgan fingerprint density at radius 1 is 1.06 bits per heavy atom. The van der Waals surface area contributed by atoms with Gasteiger partial charge in [0.15, 0.2) is 11.6 Å². The number of aryl methyl sites for hydroxylation is 3. The minimum absolute atomic E-state index is 0.167. The van der Waals surface area contributed by atoms with Crippen molar-refractivity contribution in [1.29, 1.82) is 5.26 Å². The molecule has 2 aliphatic rings. The maximum atomic E-state index is 13.0. The number of rotatable bonds is 9. The Labute approximate surface area is 299 Å². The lowest BCUT2D eigenvalue weighted by Gasteiger charge is -2.37. The average Bonchev–Trinajstić information content (AvgIpc) is 3.55. The van der Waals surface area contributed by atoms with Gasteiger partial charge in [0.1, 0.15) is 11.6 Å². The molecule has 2 fully saturated rings. The molecule has 2 aliphatic heterocycles. The zero-order valence-electron chi connectivity index (χ0n) is 29.8. The van der Waals surface area contributed by atoms with Gasteiger partial charge in [0.25, 0.3) is 0 Å². The van der Waals surface area contributed by atoms with Crippen molar-refractivity contribution in [3.63, 3.8) is 0 Å². The number of carbonyl (C=O) groups is 2. The Bertz CT molecular complexity index is 2310. The third-order valence-electron chi connectivity index (χ3n) is 9.93. The van der Waals surface area contributed by atoms with Gasteiger partial charge in [-0.15, -0.1) is 0 Å². The van der Waals surface area contributed by atoms with Crippen molar-refractivity contribution in [2.75, 3.05) is 40.1 Å². The first-order chi connectivity index (χ1) is 24.8. The number of aromatic nitrogens is 6. The van der Waals surface area contributed by atoms with E-state index in [0.29, 0.717) is 60.4 Å². The molecule has 0 unspecified atom stereocenters. The number of carbonyl (C=O) groups excluding carboxylic acids is 2. The summed E-state index contributed by atoms with van der Waals surface area (Å²) in [5.41, 5.74) is 3.15. The number of aliphatic hydroxyl groups is 1. The van der Waals surface area contributed by atoms with Crippen LogP contribution in [0.25, 0.3) is 21.9 Å². The van der Waals surface area contributed by atoms with E-state index < -0.39 is 11.6 Å². The Morgan fingerprint density at radius 3 is 2.56 bits per heavy atom. The van der Waals surface area contributed by atoms with Crippen LogP contribution in [0.1, 0.15) is 45.6 Å². The van der Waals surface area contributed by atoms with Crippen LogP contribution >= 0.6 is 0 Å². The summed E-state index contributed by atoms with van der Waals surface area (Å²) in [5, 5.41) is 34.9. The van der Waals surface area contributed by atoms with Gasteiger partial charge < -0.3 is 20.6 Å². The van der Waals surface area contributed by atoms with Crippen LogP contribution in [0.2, 0.25) is 0 Å². The first-order valence-electron chi connectivity index (χ1n) is 17.3. The predicted octanol–water partition coefficient (Wildman–Crippen LogP) is 3.57. The highest BCUT2D eigenvalue weighted by atomic mass is 16.3. The number of hydrogen-bond acceptors (Lipinski definition) is 11. The number of nitriles is 1. The van der Waals surface area contributed by atoms with Crippen LogP contribution in [0, 0.1) is 17.2 Å². The molecule has 0 radical (unpaired) electrons. The van der Waals surface area contributed by atoms with Crippen molar-refractivity contribution in [2.45, 2.75) is 58.2 Å². The molecular weight excluding hydrogens is 664 g/mol. The number of anilines is 5. The van der Waals surface area contributed by atoms with E-state index in [1.807, 2.05) is 43.4 Å². The number of amides is 3. The van der Waals surface area contributed by atoms with Gasteiger partial charge in [0.05, 0.1) is 28.3 Å². The van der Waals surface area contributed by atoms with Crippen molar-refractivity contribution in [2.24, 2.45) is 20.0 Å². The van der Waals surface area contributed by atoms with Gasteiger partial charge in [-0.2, -0.15) is 15.3 Å². The van der Waals surface area contributed by atoms with Crippen LogP contribution in [0.5, 0.6) is 0 Å². The number of imide groups is 1. The predicted molar refractivity (Wildman–Crippen MR) is 198 cm³/mol. The third kappa shape index (κ3) is 6.62. The first kappa shape index (κ1) is 34.5. The summed E-state index contributed by atoms with van der Waals surface area (Å²) in [5.74, 6) is 1.35. The molecule has 3 amide bonds. The fourth-order valence-electron chi connectivity index (χ4n) is 6.98. The summed E-state index contributed by atoms with van der Waals surface area (Å²) in [4.78, 5) is 50.1. The van der Waals surface area contributed by atoms with E-state index >= 15 is 0 Å². The van der Waals surface area contributed by atoms with Crippen molar-refractivity contribution >= 4 is 62.8 Å². The van der Waals surface area contributed by atoms with Crippen LogP contribution in [0.3, 0.4) is 0 Å². The minimum atomic E-state index is -0.920. The summed E-state index contributed by atoms with van der Waals surface area (Å²) in [6.45, 7) is 7.63. The quantitative estimate of drug-likeness (QED) is 0.175. The summed E-state index contributed by atoms with van der Waals surface area (Å²) in [6.07, 6.45) is 2.98. The van der Waals surface area contributed by atoms with Crippen molar-refractivity contribution in [3.05, 3.63) is 58.6 Å². The van der Waals surface area contributed by atoms with Crippen LogP contribution in [0.15, 0.2) is 47.4 Å². The van der Waals surface area contributed by atoms with E-state index in [9.17, 15) is 24.8 Å². The van der Waals surface area contributed by atoms with E-state index in [0.717, 1.165) is 28.5 Å². The van der Waals surface area contributed by atoms with E-state index in [2.05, 4.69) is 43.9 Å². The van der Waals surface area contributed by atoms with Crippen LogP contribution in [-0.2, 0) is 25.4 Å². The molecule has 0 bridgehead atoms. The van der Waals surface area contributed by atoms with Crippen molar-refractivity contribution < 1.29 is 14.7 Å². The molecule has 5 heterocycles. The van der Waals surface area contributed by atoms with Gasteiger partial charge in [-0.05, 0) is 69.0 Å². The molecule has 5 aromatic rings. The number of hydrogen-bond donors (Lipinski definition) is 4. The second-order valence-electron chi connectivity index (χ2n) is 14.3. The largest absolute Gasteiger partial charge is 0.390 e. The topological polar surface area (TPSA) is 191 Å². The molecular formula is C36H42N12O4. The Balaban J connectivity index is 1.05. The zero-order chi connectivity index (χ0) is 36.9. The molecule has 52 heavy (non-hydrogen) atoms. The van der Waals surface area contributed by atoms with Gasteiger partial charge in [-0.3, -0.25) is 28.8 Å². The summed E-state index contributed by atoms with van der Waals surface area (Å²) in [7, 11) is 3.56. The second-order valence-corrected chi connectivity index (χ2v) is 14.3. The highest BCUT2D eigenvalue weighted by molar-refractivity contribution is 6.09. The number of piperidine rings is 1. The van der Waals surface area contributed by atoms with Gasteiger partial charge >= 0.3 is 11.7 Å². The number of nitrogens with one attached hydrogen (secondary N) is 3. The Kier molecular flexibility index (Phi) is 8.83. The normalized spacial score (nSPS) is 18.2. The summed E-state index contributed by atoms with van der Waals surface area (Å²) in [6, 6.07) is 13.4. The van der Waals surface area contributed by atoms with Crippen LogP contribution in [-0.4, -0.2) is 77.2 Å². The molecule has 0 aliphatic carbocycles. The van der Waals surface area contributed by atoms with Crippen molar-refractivity contribution in [1.82, 2.24) is 34.2 Å². The SMILES string of the molecule is C[C@@H]1CN(c2ncc(C#N)c(Nc3ccc4c(c3)n(CCC(C)(C)O)c(=O)n4C)n2)CC[C@H]1Nc1ccc2c(N3CCC(=O)NC3=O)nn(C)c2c1. The molecule has 270 valence electrons. The van der Waals surface area contributed by atoms with Gasteiger partial charge in [0, 0.05) is 69.5 Å². The lowest BCUT2D eigenvalue weighted by atomic mass is 9.93. The number of benzene rings is 2. The maximum absolute atomic E-state index is 13.0. The molecule has 2 atom stereocenters. The van der Waals surface area contributed by atoms with Gasteiger partial charge in [-0.25, -0.2) is 14.6 Å². The number of nitrogens with zero attached hydrogens (tertiary/aromatic N) is 9. The molecule has 16 heteroatoms. The number of fused-ring (bicyclic) bond motifs is 2. The lowest BCUT2D eigenvalue weighted by molar-refractivity contribution is -0.120. The zero-order valence-corrected chi connectivity index (χ0v) is 29.8. The fourth-order valence-corrected chi connectivity index (χ4v) is 6.98. The van der Waals surface area contributed by atoms with Crippen LogP contribution in [0.4, 0.5) is 33.8 Å². The smallest absolute Gasteiger partial charge is 0.329 e. The molecule has 2 aromatic carbocycles. The molecule has 7 rings (SSSR count). The highest BCUT2D eigenvalue weighted by Gasteiger charge is 2.30. The summed E-state index contributed by atoms with van der Waals surface area (Å²) < 4.78 is 4.98. The van der Waals surface area contributed by atoms with Gasteiger partial charge in [0.2, 0.25) is 11.9 Å². The fraction of sp³-hybridized carbons (Fsp3) is 0.417. The second kappa shape index (κ2) is 13.3. The van der Waals surface area contributed by atoms with E-state index in [4.69, 9.17) is 4.98 Å². The molecule has 2 saturated heterocycles. The Hall–Kier alpha value is -5.95. The monoisotopic (exact) mass is 706 g/mol. The van der Waals surface area contributed by atoms with Crippen molar-refractivity contribution in [3.8, 4) is 6.07 Å². The highest BCUT2D eigenvalue weighted by Crippen LogP contribution is 2.32. The molecule has 16 nitrogen and oxygen atoms in total. The molecule has 0 spiro atoms. The number of imidazole rings is 1. The third-order valence-corrected chi connectivity index (χ3v) is 9.93. The summed E-state index contributed by atoms with van der Waals surface area (Å²) >= 11 is 0. The molecule has 0 saturated carbocycles. The molecule has 3 aromatic heterocycles.